The van der Waals surface area contributed by atoms with Crippen molar-refractivity contribution < 1.29 is 18.0 Å². The third-order valence-corrected chi connectivity index (χ3v) is 3.11. The van der Waals surface area contributed by atoms with Gasteiger partial charge in [0.1, 0.15) is 0 Å². The zero-order valence-corrected chi connectivity index (χ0v) is 9.72. The van der Waals surface area contributed by atoms with Crippen molar-refractivity contribution in [1.82, 2.24) is 5.32 Å². The summed E-state index contributed by atoms with van der Waals surface area (Å²) in [7, 11) is 0. The van der Waals surface area contributed by atoms with Crippen molar-refractivity contribution in [3.63, 3.8) is 0 Å². The predicted octanol–water partition coefficient (Wildman–Crippen LogP) is 1.96. The van der Waals surface area contributed by atoms with E-state index in [1.54, 1.807) is 0 Å². The molecule has 100 valence electrons. The molecule has 0 bridgehead atoms. The van der Waals surface area contributed by atoms with Crippen molar-refractivity contribution in [2.24, 2.45) is 11.7 Å². The average molecular weight is 252 g/mol. The van der Waals surface area contributed by atoms with Gasteiger partial charge in [0.05, 0.1) is 6.42 Å². The second-order valence-corrected chi connectivity index (χ2v) is 4.70. The van der Waals surface area contributed by atoms with E-state index in [2.05, 4.69) is 5.32 Å². The van der Waals surface area contributed by atoms with Gasteiger partial charge in [0, 0.05) is 19.0 Å². The number of carbonyl (C=O) groups is 1. The van der Waals surface area contributed by atoms with Gasteiger partial charge in [0.15, 0.2) is 0 Å². The Morgan fingerprint density at radius 1 is 1.24 bits per heavy atom. The minimum Gasteiger partial charge on any atom is -0.356 e. The molecular formula is C11H19F3N2O. The fourth-order valence-corrected chi connectivity index (χ4v) is 1.99. The number of carbonyl (C=O) groups excluding carboxylic acids is 1. The molecule has 0 atom stereocenters. The van der Waals surface area contributed by atoms with E-state index in [0.717, 1.165) is 25.7 Å². The molecule has 1 amide bonds. The maximum Gasteiger partial charge on any atom is 0.389 e. The van der Waals surface area contributed by atoms with Gasteiger partial charge in [-0.05, 0) is 31.6 Å². The zero-order chi connectivity index (χ0) is 12.9. The monoisotopic (exact) mass is 252 g/mol. The van der Waals surface area contributed by atoms with Crippen LogP contribution in [0.3, 0.4) is 0 Å². The zero-order valence-electron chi connectivity index (χ0n) is 9.72. The van der Waals surface area contributed by atoms with Gasteiger partial charge in [0.2, 0.25) is 5.91 Å². The third kappa shape index (κ3) is 6.51. The van der Waals surface area contributed by atoms with Gasteiger partial charge in [-0.1, -0.05) is 0 Å². The number of hydrogen-bond acceptors (Lipinski definition) is 2. The molecule has 0 aliphatic heterocycles. The van der Waals surface area contributed by atoms with Crippen molar-refractivity contribution in [1.29, 1.82) is 0 Å². The molecular weight excluding hydrogens is 233 g/mol. The van der Waals surface area contributed by atoms with E-state index in [0.29, 0.717) is 12.5 Å². The summed E-state index contributed by atoms with van der Waals surface area (Å²) in [6, 6.07) is 0.243. The number of nitrogens with two attached hydrogens (primary N) is 1. The largest absolute Gasteiger partial charge is 0.389 e. The lowest BCUT2D eigenvalue weighted by atomic mass is 9.86. The van der Waals surface area contributed by atoms with Crippen LogP contribution in [0.15, 0.2) is 0 Å². The van der Waals surface area contributed by atoms with Gasteiger partial charge in [-0.3, -0.25) is 4.79 Å². The van der Waals surface area contributed by atoms with Gasteiger partial charge in [-0.2, -0.15) is 13.2 Å². The van der Waals surface area contributed by atoms with E-state index >= 15 is 0 Å². The van der Waals surface area contributed by atoms with E-state index < -0.39 is 24.9 Å². The first-order chi connectivity index (χ1) is 7.87. The minimum absolute atomic E-state index is 0.243. The van der Waals surface area contributed by atoms with Crippen LogP contribution in [-0.4, -0.2) is 24.7 Å². The highest BCUT2D eigenvalue weighted by Gasteiger charge is 2.28. The average Bonchev–Trinajstić information content (AvgIpc) is 2.25. The lowest BCUT2D eigenvalue weighted by molar-refractivity contribution is -0.144. The van der Waals surface area contributed by atoms with Crippen LogP contribution >= 0.6 is 0 Å². The lowest BCUT2D eigenvalue weighted by Gasteiger charge is -2.26. The van der Waals surface area contributed by atoms with Gasteiger partial charge in [0.25, 0.3) is 0 Å². The van der Waals surface area contributed by atoms with Gasteiger partial charge < -0.3 is 11.1 Å². The number of rotatable bonds is 4. The molecule has 6 heteroatoms. The highest BCUT2D eigenvalue weighted by Crippen LogP contribution is 2.23. The summed E-state index contributed by atoms with van der Waals surface area (Å²) in [5, 5.41) is 2.56. The van der Waals surface area contributed by atoms with Crippen molar-refractivity contribution in [3.05, 3.63) is 0 Å². The van der Waals surface area contributed by atoms with Crippen LogP contribution < -0.4 is 11.1 Å². The second kappa shape index (κ2) is 6.23. The topological polar surface area (TPSA) is 55.1 Å². The molecule has 1 rings (SSSR count). The van der Waals surface area contributed by atoms with Crippen molar-refractivity contribution in [2.75, 3.05) is 6.54 Å². The molecule has 1 saturated carbocycles. The summed E-state index contributed by atoms with van der Waals surface area (Å²) in [4.78, 5) is 11.2. The summed E-state index contributed by atoms with van der Waals surface area (Å²) in [6.45, 7) is 0.476. The Kier molecular flexibility index (Phi) is 5.24. The number of nitrogens with one attached hydrogen (secondary N) is 1. The first-order valence-corrected chi connectivity index (χ1v) is 5.96. The van der Waals surface area contributed by atoms with Crippen LogP contribution in [0.5, 0.6) is 0 Å². The van der Waals surface area contributed by atoms with E-state index in [1.165, 1.54) is 0 Å². The maximum atomic E-state index is 11.9. The standard InChI is InChI=1S/C11H19F3N2O/c12-11(13,14)6-5-10(17)16-7-8-1-3-9(15)4-2-8/h8-9H,1-7,15H2,(H,16,17). The van der Waals surface area contributed by atoms with Crippen LogP contribution in [0.25, 0.3) is 0 Å². The molecule has 0 aromatic heterocycles. The molecule has 0 aromatic rings. The molecule has 1 aliphatic rings. The van der Waals surface area contributed by atoms with Gasteiger partial charge in [-0.25, -0.2) is 0 Å². The van der Waals surface area contributed by atoms with Crippen LogP contribution in [0.1, 0.15) is 38.5 Å². The Hall–Kier alpha value is -0.780. The quantitative estimate of drug-likeness (QED) is 0.803. The molecule has 1 aliphatic carbocycles. The highest BCUT2D eigenvalue weighted by atomic mass is 19.4. The predicted molar refractivity (Wildman–Crippen MR) is 58.2 cm³/mol. The van der Waals surface area contributed by atoms with E-state index in [4.69, 9.17) is 5.73 Å². The Morgan fingerprint density at radius 2 is 1.82 bits per heavy atom. The minimum atomic E-state index is -4.26. The highest BCUT2D eigenvalue weighted by molar-refractivity contribution is 5.75. The number of halogens is 3. The fourth-order valence-electron chi connectivity index (χ4n) is 1.99. The molecule has 1 fully saturated rings. The van der Waals surface area contributed by atoms with Crippen LogP contribution in [0, 0.1) is 5.92 Å². The molecule has 0 radical (unpaired) electrons. The molecule has 0 heterocycles. The molecule has 0 aromatic carbocycles. The first-order valence-electron chi connectivity index (χ1n) is 5.96. The van der Waals surface area contributed by atoms with Crippen LogP contribution in [-0.2, 0) is 4.79 Å². The Labute approximate surface area is 98.9 Å². The summed E-state index contributed by atoms with van der Waals surface area (Å²) in [6.07, 6.45) is -2.02. The molecule has 3 nitrogen and oxygen atoms in total. The number of amides is 1. The summed E-state index contributed by atoms with van der Waals surface area (Å²) >= 11 is 0. The summed E-state index contributed by atoms with van der Waals surface area (Å²) < 4.78 is 35.6. The van der Waals surface area contributed by atoms with E-state index in [1.807, 2.05) is 0 Å². The first kappa shape index (κ1) is 14.3. The smallest absolute Gasteiger partial charge is 0.356 e. The Morgan fingerprint density at radius 3 is 2.35 bits per heavy atom. The van der Waals surface area contributed by atoms with E-state index in [9.17, 15) is 18.0 Å². The lowest BCUT2D eigenvalue weighted by Crippen LogP contribution is -2.34. The molecule has 0 spiro atoms. The molecule has 0 unspecified atom stereocenters. The normalized spacial score (nSPS) is 25.6. The van der Waals surface area contributed by atoms with Gasteiger partial charge >= 0.3 is 6.18 Å². The Balaban J connectivity index is 2.11. The van der Waals surface area contributed by atoms with Crippen LogP contribution in [0.4, 0.5) is 13.2 Å². The van der Waals surface area contributed by atoms with Crippen molar-refractivity contribution in [2.45, 2.75) is 50.7 Å². The molecule has 0 saturated heterocycles. The second-order valence-electron chi connectivity index (χ2n) is 4.70. The van der Waals surface area contributed by atoms with E-state index in [-0.39, 0.29) is 6.04 Å². The van der Waals surface area contributed by atoms with Crippen molar-refractivity contribution in [3.8, 4) is 0 Å². The summed E-state index contributed by atoms with van der Waals surface area (Å²) in [5.74, 6) is -0.151. The maximum absolute atomic E-state index is 11.9. The number of alkyl halides is 3. The van der Waals surface area contributed by atoms with Crippen molar-refractivity contribution >= 4 is 5.91 Å². The fraction of sp³-hybridized carbons (Fsp3) is 0.909. The molecule has 17 heavy (non-hydrogen) atoms. The van der Waals surface area contributed by atoms with Crippen LogP contribution in [0.2, 0.25) is 0 Å². The van der Waals surface area contributed by atoms with Gasteiger partial charge in [-0.15, -0.1) is 0 Å². The number of hydrogen-bond donors (Lipinski definition) is 2. The summed E-state index contributed by atoms with van der Waals surface area (Å²) in [5.41, 5.74) is 5.74. The molecule has 3 N–H and O–H groups in total. The SMILES string of the molecule is NC1CCC(CNC(=O)CCC(F)(F)F)CC1. The Bertz CT molecular complexity index is 248. The third-order valence-electron chi connectivity index (χ3n) is 3.11.